The zero-order valence-corrected chi connectivity index (χ0v) is 13.0. The lowest BCUT2D eigenvalue weighted by molar-refractivity contribution is -0.174. The van der Waals surface area contributed by atoms with Crippen molar-refractivity contribution in [2.75, 3.05) is 13.2 Å². The van der Waals surface area contributed by atoms with E-state index in [1.165, 1.54) is 0 Å². The van der Waals surface area contributed by atoms with Gasteiger partial charge in [0.1, 0.15) is 6.61 Å². The van der Waals surface area contributed by atoms with Gasteiger partial charge in [0.05, 0.1) is 12.2 Å². The fourth-order valence-corrected chi connectivity index (χ4v) is 2.60. The number of ether oxygens (including phenoxy) is 1. The normalized spacial score (nSPS) is 16.6. The summed E-state index contributed by atoms with van der Waals surface area (Å²) in [6.07, 6.45) is -2.10. The molecule has 1 fully saturated rings. The van der Waals surface area contributed by atoms with Crippen LogP contribution < -0.4 is 5.32 Å². The van der Waals surface area contributed by atoms with Crippen molar-refractivity contribution in [1.29, 1.82) is 0 Å². The molecule has 1 atom stereocenters. The lowest BCUT2D eigenvalue weighted by Gasteiger charge is -2.15. The smallest absolute Gasteiger partial charge is 0.370 e. The molecular formula is C15H21F3N2O2. The van der Waals surface area contributed by atoms with Crippen molar-refractivity contribution in [3.8, 4) is 0 Å². The Hall–Kier alpha value is -1.50. The predicted octanol–water partition coefficient (Wildman–Crippen LogP) is 3.14. The van der Waals surface area contributed by atoms with Gasteiger partial charge in [-0.2, -0.15) is 13.2 Å². The number of aryl methyl sites for hydroxylation is 1. The minimum atomic E-state index is -4.35. The number of hydrogen-bond donors (Lipinski definition) is 1. The van der Waals surface area contributed by atoms with Crippen LogP contribution in [0.25, 0.3) is 0 Å². The topological polar surface area (TPSA) is 43.3 Å². The number of halogens is 3. The van der Waals surface area contributed by atoms with E-state index >= 15 is 0 Å². The second kappa shape index (κ2) is 6.32. The van der Waals surface area contributed by atoms with Gasteiger partial charge in [-0.3, -0.25) is 4.79 Å². The highest BCUT2D eigenvalue weighted by Crippen LogP contribution is 2.38. The lowest BCUT2D eigenvalue weighted by atomic mass is 10.2. The van der Waals surface area contributed by atoms with Crippen molar-refractivity contribution < 1.29 is 22.7 Å². The molecule has 0 saturated heterocycles. The molecule has 4 nitrogen and oxygen atoms in total. The molecule has 1 aliphatic rings. The predicted molar refractivity (Wildman–Crippen MR) is 76.0 cm³/mol. The van der Waals surface area contributed by atoms with E-state index < -0.39 is 18.8 Å². The first-order valence-electron chi connectivity index (χ1n) is 7.33. The van der Waals surface area contributed by atoms with Crippen molar-refractivity contribution in [1.82, 2.24) is 9.88 Å². The third-order valence-electron chi connectivity index (χ3n) is 3.65. The van der Waals surface area contributed by atoms with Crippen molar-refractivity contribution in [2.24, 2.45) is 0 Å². The number of aromatic nitrogens is 1. The first-order chi connectivity index (χ1) is 10.2. The maximum atomic E-state index is 12.2. The molecule has 1 aromatic heterocycles. The summed E-state index contributed by atoms with van der Waals surface area (Å²) < 4.78 is 42.7. The van der Waals surface area contributed by atoms with Crippen molar-refractivity contribution in [3.05, 3.63) is 23.0 Å². The van der Waals surface area contributed by atoms with Crippen LogP contribution in [-0.2, 0) is 4.74 Å². The highest BCUT2D eigenvalue weighted by atomic mass is 19.4. The van der Waals surface area contributed by atoms with Gasteiger partial charge in [-0.05, 0) is 39.7 Å². The number of rotatable bonds is 6. The monoisotopic (exact) mass is 318 g/mol. The lowest BCUT2D eigenvalue weighted by Crippen LogP contribution is -2.37. The molecule has 0 unspecified atom stereocenters. The number of nitrogens with one attached hydrogen (secondary N) is 1. The number of nitrogens with zero attached hydrogens (tertiary/aromatic N) is 1. The summed E-state index contributed by atoms with van der Waals surface area (Å²) in [7, 11) is 0. The van der Waals surface area contributed by atoms with Gasteiger partial charge in [0.15, 0.2) is 0 Å². The molecule has 0 spiro atoms. The molecule has 2 rings (SSSR count). The Morgan fingerprint density at radius 3 is 2.64 bits per heavy atom. The fraction of sp³-hybridized carbons (Fsp3) is 0.667. The number of hydrogen-bond acceptors (Lipinski definition) is 2. The Kier molecular flexibility index (Phi) is 4.84. The molecule has 1 saturated carbocycles. The van der Waals surface area contributed by atoms with Crippen molar-refractivity contribution >= 4 is 5.91 Å². The summed E-state index contributed by atoms with van der Waals surface area (Å²) >= 11 is 0. The van der Waals surface area contributed by atoms with Gasteiger partial charge in [-0.25, -0.2) is 0 Å². The summed E-state index contributed by atoms with van der Waals surface area (Å²) in [5.74, 6) is -0.275. The number of carbonyl (C=O) groups excluding carboxylic acids is 1. The average Bonchev–Trinajstić information content (AvgIpc) is 3.14. The summed E-state index contributed by atoms with van der Waals surface area (Å²) in [6.45, 7) is 3.99. The van der Waals surface area contributed by atoms with E-state index in [0.29, 0.717) is 11.6 Å². The van der Waals surface area contributed by atoms with E-state index in [2.05, 4.69) is 14.6 Å². The second-order valence-corrected chi connectivity index (χ2v) is 5.89. The van der Waals surface area contributed by atoms with Crippen LogP contribution in [0.5, 0.6) is 0 Å². The van der Waals surface area contributed by atoms with Crippen LogP contribution in [0.4, 0.5) is 13.2 Å². The Morgan fingerprint density at radius 1 is 1.45 bits per heavy atom. The Labute approximate surface area is 127 Å². The van der Waals surface area contributed by atoms with Crippen LogP contribution in [0.3, 0.4) is 0 Å². The molecule has 124 valence electrons. The quantitative estimate of drug-likeness (QED) is 0.876. The Bertz CT molecular complexity index is 548. The van der Waals surface area contributed by atoms with Gasteiger partial charge >= 0.3 is 6.18 Å². The fourth-order valence-electron chi connectivity index (χ4n) is 2.60. The van der Waals surface area contributed by atoms with Crippen LogP contribution in [0.15, 0.2) is 6.07 Å². The molecule has 1 N–H and O–H groups in total. The molecular weight excluding hydrogens is 297 g/mol. The number of amides is 1. The Morgan fingerprint density at radius 2 is 2.09 bits per heavy atom. The largest absolute Gasteiger partial charge is 0.411 e. The maximum Gasteiger partial charge on any atom is 0.411 e. The van der Waals surface area contributed by atoms with Gasteiger partial charge in [-0.1, -0.05) is 0 Å². The van der Waals surface area contributed by atoms with Crippen LogP contribution in [0.1, 0.15) is 47.6 Å². The molecule has 7 heteroatoms. The molecule has 0 radical (unpaired) electrons. The van der Waals surface area contributed by atoms with E-state index in [1.54, 1.807) is 6.92 Å². The SMILES string of the molecule is Cc1cc(C(=O)N[C@H](C)COCC(F)(F)F)c(C)n1C1CC1. The first-order valence-corrected chi connectivity index (χ1v) is 7.33. The molecule has 0 bridgehead atoms. The van der Waals surface area contributed by atoms with Gasteiger partial charge < -0.3 is 14.6 Å². The van der Waals surface area contributed by atoms with Crippen molar-refractivity contribution in [2.45, 2.75) is 51.9 Å². The minimum Gasteiger partial charge on any atom is -0.370 e. The number of alkyl halides is 3. The van der Waals surface area contributed by atoms with Gasteiger partial charge in [0.25, 0.3) is 5.91 Å². The van der Waals surface area contributed by atoms with Crippen LogP contribution in [0.2, 0.25) is 0 Å². The van der Waals surface area contributed by atoms with E-state index in [9.17, 15) is 18.0 Å². The van der Waals surface area contributed by atoms with Crippen LogP contribution >= 0.6 is 0 Å². The molecule has 22 heavy (non-hydrogen) atoms. The standard InChI is InChI=1S/C15H21F3N2O2/c1-9(7-22-8-15(16,17)18)19-14(21)13-6-10(2)20(11(13)3)12-4-5-12/h6,9,12H,4-5,7-8H2,1-3H3,(H,19,21)/t9-/m1/s1. The van der Waals surface area contributed by atoms with E-state index in [1.807, 2.05) is 19.9 Å². The highest BCUT2D eigenvalue weighted by molar-refractivity contribution is 5.95. The zero-order valence-electron chi connectivity index (χ0n) is 13.0. The summed E-state index contributed by atoms with van der Waals surface area (Å²) in [4.78, 5) is 12.2. The molecule has 0 aromatic carbocycles. The van der Waals surface area contributed by atoms with E-state index in [4.69, 9.17) is 0 Å². The molecule has 0 aliphatic heterocycles. The average molecular weight is 318 g/mol. The van der Waals surface area contributed by atoms with E-state index in [-0.39, 0.29) is 12.5 Å². The van der Waals surface area contributed by atoms with E-state index in [0.717, 1.165) is 24.2 Å². The summed E-state index contributed by atoms with van der Waals surface area (Å²) in [6, 6.07) is 1.82. The van der Waals surface area contributed by atoms with Crippen LogP contribution in [0, 0.1) is 13.8 Å². The maximum absolute atomic E-state index is 12.2. The van der Waals surface area contributed by atoms with Crippen LogP contribution in [-0.4, -0.2) is 35.9 Å². The minimum absolute atomic E-state index is 0.174. The first kappa shape index (κ1) is 16.9. The summed E-state index contributed by atoms with van der Waals surface area (Å²) in [5, 5.41) is 2.68. The second-order valence-electron chi connectivity index (χ2n) is 5.89. The summed E-state index contributed by atoms with van der Waals surface area (Å²) in [5.41, 5.74) is 2.51. The van der Waals surface area contributed by atoms with Gasteiger partial charge in [0.2, 0.25) is 0 Å². The third kappa shape index (κ3) is 4.25. The highest BCUT2D eigenvalue weighted by Gasteiger charge is 2.29. The molecule has 1 aliphatic carbocycles. The van der Waals surface area contributed by atoms with Gasteiger partial charge in [0, 0.05) is 23.5 Å². The third-order valence-corrected chi connectivity index (χ3v) is 3.65. The molecule has 1 heterocycles. The Balaban J connectivity index is 1.90. The van der Waals surface area contributed by atoms with Gasteiger partial charge in [-0.15, -0.1) is 0 Å². The zero-order chi connectivity index (χ0) is 16.5. The van der Waals surface area contributed by atoms with Crippen molar-refractivity contribution in [3.63, 3.8) is 0 Å². The number of carbonyl (C=O) groups is 1. The molecule has 1 aromatic rings. The molecule has 1 amide bonds.